The molecule has 8 heteroatoms. The van der Waals surface area contributed by atoms with Crippen LogP contribution < -0.4 is 16.0 Å². The lowest BCUT2D eigenvalue weighted by Crippen LogP contribution is -2.58. The third-order valence-corrected chi connectivity index (χ3v) is 12.2. The minimum absolute atomic E-state index is 0.0249. The van der Waals surface area contributed by atoms with Gasteiger partial charge in [0, 0.05) is 31.0 Å². The average molecular weight is 725 g/mol. The van der Waals surface area contributed by atoms with E-state index in [9.17, 15) is 14.4 Å². The molecule has 3 N–H and O–H groups in total. The number of carbonyl (C=O) groups is 3. The van der Waals surface area contributed by atoms with Gasteiger partial charge in [-0.2, -0.15) is 0 Å². The molecule has 2 aliphatic carbocycles. The minimum atomic E-state index is -0.910. The second-order valence-corrected chi connectivity index (χ2v) is 16.9. The molecule has 8 rings (SSSR count). The molecule has 0 spiro atoms. The number of ether oxygens (including phenoxy) is 1. The molecule has 8 nitrogen and oxygen atoms in total. The Kier molecular flexibility index (Phi) is 9.82. The molecule has 0 aromatic heterocycles. The molecule has 2 aliphatic heterocycles. The second kappa shape index (κ2) is 14.7. The zero-order valence-corrected chi connectivity index (χ0v) is 31.9. The summed E-state index contributed by atoms with van der Waals surface area (Å²) < 4.78 is 5.93. The van der Waals surface area contributed by atoms with Crippen LogP contribution in [0, 0.1) is 5.41 Å². The predicted octanol–water partition coefficient (Wildman–Crippen LogP) is 7.55. The second-order valence-electron chi connectivity index (χ2n) is 16.9. The molecule has 2 heterocycles. The monoisotopic (exact) mass is 724 g/mol. The third-order valence-electron chi connectivity index (χ3n) is 12.2. The van der Waals surface area contributed by atoms with Gasteiger partial charge in [-0.25, -0.2) is 4.79 Å². The fraction of sp³-hybridized carbons (Fsp3) is 0.413. The van der Waals surface area contributed by atoms with E-state index >= 15 is 0 Å². The van der Waals surface area contributed by atoms with Gasteiger partial charge in [0.15, 0.2) is 0 Å². The van der Waals surface area contributed by atoms with E-state index in [-0.39, 0.29) is 36.3 Å². The molecular weight excluding hydrogens is 673 g/mol. The molecule has 280 valence electrons. The Bertz CT molecular complexity index is 2020. The highest BCUT2D eigenvalue weighted by Crippen LogP contribution is 2.44. The highest BCUT2D eigenvalue weighted by molar-refractivity contribution is 5.93. The van der Waals surface area contributed by atoms with Crippen molar-refractivity contribution in [2.45, 2.75) is 102 Å². The number of likely N-dealkylation sites (tertiary alicyclic amines) is 1. The number of fused-ring (bicyclic) bond motifs is 5. The molecule has 1 saturated heterocycles. The molecule has 4 unspecified atom stereocenters. The van der Waals surface area contributed by atoms with Crippen LogP contribution in [0.15, 0.2) is 91.0 Å². The topological polar surface area (TPSA) is 99.8 Å². The van der Waals surface area contributed by atoms with Gasteiger partial charge in [-0.3, -0.25) is 9.59 Å². The average Bonchev–Trinajstić information content (AvgIpc) is 3.76. The van der Waals surface area contributed by atoms with Crippen LogP contribution in [0.5, 0.6) is 0 Å². The Hall–Kier alpha value is -4.95. The van der Waals surface area contributed by atoms with E-state index in [0.717, 1.165) is 65.6 Å². The number of amides is 3. The Labute approximate surface area is 319 Å². The number of nitrogens with one attached hydrogen (secondary N) is 3. The van der Waals surface area contributed by atoms with Gasteiger partial charge in [0.25, 0.3) is 0 Å². The van der Waals surface area contributed by atoms with Crippen LogP contribution in [0.1, 0.15) is 104 Å². The lowest BCUT2D eigenvalue weighted by molar-refractivity contribution is -0.142. The fourth-order valence-electron chi connectivity index (χ4n) is 9.26. The molecule has 0 bridgehead atoms. The summed E-state index contributed by atoms with van der Waals surface area (Å²) in [4.78, 5) is 44.6. The number of rotatable bonds is 7. The van der Waals surface area contributed by atoms with Gasteiger partial charge in [0.2, 0.25) is 11.8 Å². The first-order valence-corrected chi connectivity index (χ1v) is 19.7. The van der Waals surface area contributed by atoms with Crippen LogP contribution in [0.2, 0.25) is 0 Å². The van der Waals surface area contributed by atoms with Crippen LogP contribution in [-0.4, -0.2) is 54.1 Å². The van der Waals surface area contributed by atoms with E-state index < -0.39 is 23.6 Å². The van der Waals surface area contributed by atoms with Gasteiger partial charge in [-0.1, -0.05) is 112 Å². The zero-order chi connectivity index (χ0) is 37.6. The lowest BCUT2D eigenvalue weighted by Gasteiger charge is -2.36. The van der Waals surface area contributed by atoms with Crippen molar-refractivity contribution in [3.05, 3.63) is 130 Å². The smallest absolute Gasteiger partial charge is 0.407 e. The molecule has 4 aromatic rings. The summed E-state index contributed by atoms with van der Waals surface area (Å²) in [5, 5.41) is 9.90. The van der Waals surface area contributed by atoms with E-state index in [2.05, 4.69) is 83.5 Å². The first-order chi connectivity index (χ1) is 26.0. The molecular formula is C46H52N4O4. The van der Waals surface area contributed by atoms with Crippen LogP contribution in [0.3, 0.4) is 0 Å². The predicted molar refractivity (Wildman–Crippen MR) is 211 cm³/mol. The van der Waals surface area contributed by atoms with Crippen molar-refractivity contribution < 1.29 is 19.1 Å². The van der Waals surface area contributed by atoms with E-state index in [1.54, 1.807) is 4.90 Å². The summed E-state index contributed by atoms with van der Waals surface area (Å²) in [5.41, 5.74) is 10.1. The van der Waals surface area contributed by atoms with Crippen LogP contribution in [-0.2, 0) is 33.7 Å². The standard InChI is InChI=1S/C46H52N4O4/c1-28-22-30-20-21-31(23-32(30)25-47-28)33-24-41(43(51)48-40-19-11-13-29-12-5-6-14-34(29)40)50(26-33)44(52)42(46(2,3)4)49-45(53)54-27-39-37-17-9-7-15-35(37)36-16-8-10-18-38(36)39/h5-10,12,14-18,20-21,23,28,33,39-42,47H,11,13,19,22,24-27H2,1-4H3,(H,48,51)(H,49,53)/t28?,33?,40?,41-,42?/m0/s1. The number of hydrogen-bond donors (Lipinski definition) is 3. The molecule has 1 fully saturated rings. The van der Waals surface area contributed by atoms with Crippen molar-refractivity contribution >= 4 is 17.9 Å². The maximum Gasteiger partial charge on any atom is 0.407 e. The Morgan fingerprint density at radius 2 is 1.56 bits per heavy atom. The minimum Gasteiger partial charge on any atom is -0.449 e. The van der Waals surface area contributed by atoms with Gasteiger partial charge < -0.3 is 25.6 Å². The maximum atomic E-state index is 14.8. The number of benzene rings is 4. The quantitative estimate of drug-likeness (QED) is 0.183. The highest BCUT2D eigenvalue weighted by Gasteiger charge is 2.46. The van der Waals surface area contributed by atoms with E-state index in [1.807, 2.05) is 51.1 Å². The van der Waals surface area contributed by atoms with Crippen molar-refractivity contribution in [1.82, 2.24) is 20.9 Å². The summed E-state index contributed by atoms with van der Waals surface area (Å²) in [6, 6.07) is 30.2. The Balaban J connectivity index is 1.03. The molecule has 54 heavy (non-hydrogen) atoms. The first kappa shape index (κ1) is 36.0. The molecule has 4 aliphatic rings. The van der Waals surface area contributed by atoms with Crippen LogP contribution >= 0.6 is 0 Å². The number of aryl methyl sites for hydroxylation is 1. The fourth-order valence-corrected chi connectivity index (χ4v) is 9.26. The van der Waals surface area contributed by atoms with Gasteiger partial charge in [-0.15, -0.1) is 0 Å². The summed E-state index contributed by atoms with van der Waals surface area (Å²) >= 11 is 0. The van der Waals surface area contributed by atoms with Gasteiger partial charge in [0.05, 0.1) is 6.04 Å². The van der Waals surface area contributed by atoms with E-state index in [4.69, 9.17) is 4.74 Å². The molecule has 4 aromatic carbocycles. The van der Waals surface area contributed by atoms with Gasteiger partial charge in [-0.05, 0) is 94.5 Å². The number of nitrogens with zero attached hydrogens (tertiary/aromatic N) is 1. The summed E-state index contributed by atoms with van der Waals surface area (Å²) in [7, 11) is 0. The van der Waals surface area contributed by atoms with Crippen molar-refractivity contribution in [2.75, 3.05) is 13.2 Å². The largest absolute Gasteiger partial charge is 0.449 e. The van der Waals surface area contributed by atoms with Gasteiger partial charge >= 0.3 is 6.09 Å². The van der Waals surface area contributed by atoms with Crippen molar-refractivity contribution in [3.63, 3.8) is 0 Å². The van der Waals surface area contributed by atoms with Crippen LogP contribution in [0.4, 0.5) is 4.79 Å². The van der Waals surface area contributed by atoms with Gasteiger partial charge in [0.1, 0.15) is 18.7 Å². The molecule has 5 atom stereocenters. The van der Waals surface area contributed by atoms with Crippen LogP contribution in [0.25, 0.3) is 11.1 Å². The van der Waals surface area contributed by atoms with Crippen molar-refractivity contribution in [3.8, 4) is 11.1 Å². The normalized spacial score (nSPS) is 22.3. The van der Waals surface area contributed by atoms with Crippen molar-refractivity contribution in [1.29, 1.82) is 0 Å². The molecule has 0 radical (unpaired) electrons. The maximum absolute atomic E-state index is 14.8. The Morgan fingerprint density at radius 1 is 0.870 bits per heavy atom. The number of alkyl carbamates (subject to hydrolysis) is 1. The molecule has 0 saturated carbocycles. The molecule has 3 amide bonds. The highest BCUT2D eigenvalue weighted by atomic mass is 16.5. The summed E-state index contributed by atoms with van der Waals surface area (Å²) in [6.07, 6.45) is 3.70. The van der Waals surface area contributed by atoms with E-state index in [1.165, 1.54) is 16.7 Å². The number of carbonyl (C=O) groups excluding carboxylic acids is 3. The summed E-state index contributed by atoms with van der Waals surface area (Å²) in [5.74, 6) is -0.534. The lowest BCUT2D eigenvalue weighted by atomic mass is 9.85. The Morgan fingerprint density at radius 3 is 2.28 bits per heavy atom. The first-order valence-electron chi connectivity index (χ1n) is 19.7. The number of hydrogen-bond acceptors (Lipinski definition) is 5. The third kappa shape index (κ3) is 7.04. The SMILES string of the molecule is CC1Cc2ccc(C3C[C@@H](C(=O)NC4CCCc5ccccc54)N(C(=O)C(NC(=O)OCC4c5ccccc5-c5ccccc54)C(C)(C)C)C3)cc2CN1. The van der Waals surface area contributed by atoms with E-state index in [0.29, 0.717) is 19.0 Å². The zero-order valence-electron chi connectivity index (χ0n) is 31.9. The summed E-state index contributed by atoms with van der Waals surface area (Å²) in [6.45, 7) is 9.37. The van der Waals surface area contributed by atoms with Crippen molar-refractivity contribution in [2.24, 2.45) is 5.41 Å².